The Bertz CT molecular complexity index is 336. The molecule has 2 heterocycles. The molecule has 5 heteroatoms. The van der Waals surface area contributed by atoms with Gasteiger partial charge in [-0.25, -0.2) is 0 Å². The number of carbonyl (C=O) groups excluding carboxylic acids is 1. The van der Waals surface area contributed by atoms with Gasteiger partial charge in [-0.3, -0.25) is 9.69 Å². The Morgan fingerprint density at radius 1 is 1.35 bits per heavy atom. The lowest BCUT2D eigenvalue weighted by atomic mass is 9.95. The number of rotatable bonds is 6. The molecule has 0 spiro atoms. The number of piperazine rings is 1. The summed E-state index contributed by atoms with van der Waals surface area (Å²) in [6.45, 7) is 10.4. The standard InChI is InChI=1S/C15H30N4O/c1-3-17-15(2,14(16)20)7-9-18-10-11-19-8-5-4-6-13(19)12-18/h13,17H,3-12H2,1-2H3,(H2,16,20). The molecule has 0 aromatic rings. The van der Waals surface area contributed by atoms with Gasteiger partial charge in [0.1, 0.15) is 0 Å². The van der Waals surface area contributed by atoms with Crippen LogP contribution in [0.5, 0.6) is 0 Å². The van der Waals surface area contributed by atoms with Crippen molar-refractivity contribution in [3.63, 3.8) is 0 Å². The first kappa shape index (κ1) is 15.7. The molecule has 1 amide bonds. The second-order valence-corrected chi connectivity index (χ2v) is 6.46. The first-order chi connectivity index (χ1) is 9.55. The van der Waals surface area contributed by atoms with Crippen LogP contribution in [0.2, 0.25) is 0 Å². The van der Waals surface area contributed by atoms with Crippen LogP contribution < -0.4 is 11.1 Å². The Kier molecular flexibility index (Phi) is 5.41. The number of likely N-dealkylation sites (N-methyl/N-ethyl adjacent to an activating group) is 1. The van der Waals surface area contributed by atoms with Crippen molar-refractivity contribution in [1.82, 2.24) is 15.1 Å². The summed E-state index contributed by atoms with van der Waals surface area (Å²) in [7, 11) is 0. The number of hydrogen-bond donors (Lipinski definition) is 2. The minimum atomic E-state index is -0.571. The SMILES string of the molecule is CCNC(C)(CCN1CCN2CCCCC2C1)C(N)=O. The number of nitrogens with one attached hydrogen (secondary N) is 1. The van der Waals surface area contributed by atoms with Crippen LogP contribution in [0.3, 0.4) is 0 Å². The van der Waals surface area contributed by atoms with Gasteiger partial charge in [0.05, 0.1) is 5.54 Å². The third-order valence-electron chi connectivity index (χ3n) is 4.96. The molecule has 0 aliphatic carbocycles. The number of nitrogens with zero attached hydrogens (tertiary/aromatic N) is 2. The predicted octanol–water partition coefficient (Wildman–Crippen LogP) is 0.400. The molecule has 116 valence electrons. The summed E-state index contributed by atoms with van der Waals surface area (Å²) >= 11 is 0. The Morgan fingerprint density at radius 3 is 2.85 bits per heavy atom. The molecular weight excluding hydrogens is 252 g/mol. The average molecular weight is 282 g/mol. The second kappa shape index (κ2) is 6.87. The molecule has 2 unspecified atom stereocenters. The molecule has 2 rings (SSSR count). The summed E-state index contributed by atoms with van der Waals surface area (Å²) < 4.78 is 0. The van der Waals surface area contributed by atoms with E-state index in [1.807, 2.05) is 13.8 Å². The molecule has 5 nitrogen and oxygen atoms in total. The Balaban J connectivity index is 1.83. The van der Waals surface area contributed by atoms with Crippen LogP contribution in [-0.2, 0) is 4.79 Å². The van der Waals surface area contributed by atoms with Crippen molar-refractivity contribution in [2.75, 3.05) is 39.3 Å². The van der Waals surface area contributed by atoms with Crippen LogP contribution in [0.1, 0.15) is 39.5 Å². The maximum atomic E-state index is 11.6. The number of nitrogens with two attached hydrogens (primary N) is 1. The fraction of sp³-hybridized carbons (Fsp3) is 0.933. The minimum absolute atomic E-state index is 0.240. The van der Waals surface area contributed by atoms with Crippen molar-refractivity contribution in [3.05, 3.63) is 0 Å². The van der Waals surface area contributed by atoms with Crippen molar-refractivity contribution in [1.29, 1.82) is 0 Å². The van der Waals surface area contributed by atoms with Gasteiger partial charge in [0.2, 0.25) is 5.91 Å². The zero-order valence-electron chi connectivity index (χ0n) is 13.0. The third kappa shape index (κ3) is 3.71. The molecule has 0 aromatic heterocycles. The second-order valence-electron chi connectivity index (χ2n) is 6.46. The van der Waals surface area contributed by atoms with Crippen molar-refractivity contribution in [3.8, 4) is 0 Å². The van der Waals surface area contributed by atoms with E-state index in [0.717, 1.165) is 38.6 Å². The molecule has 0 saturated carbocycles. The number of fused-ring (bicyclic) bond motifs is 1. The first-order valence-corrected chi connectivity index (χ1v) is 8.06. The Hall–Kier alpha value is -0.650. The van der Waals surface area contributed by atoms with Crippen LogP contribution in [-0.4, -0.2) is 66.6 Å². The molecule has 3 N–H and O–H groups in total. The highest BCUT2D eigenvalue weighted by molar-refractivity contribution is 5.84. The minimum Gasteiger partial charge on any atom is -0.368 e. The van der Waals surface area contributed by atoms with E-state index >= 15 is 0 Å². The van der Waals surface area contributed by atoms with E-state index in [0.29, 0.717) is 0 Å². The summed E-state index contributed by atoms with van der Waals surface area (Å²) in [6.07, 6.45) is 4.85. The third-order valence-corrected chi connectivity index (χ3v) is 4.96. The maximum absolute atomic E-state index is 11.6. The molecule has 2 aliphatic heterocycles. The molecule has 0 aromatic carbocycles. The van der Waals surface area contributed by atoms with Crippen LogP contribution in [0.25, 0.3) is 0 Å². The lowest BCUT2D eigenvalue weighted by Crippen LogP contribution is -2.58. The fourth-order valence-corrected chi connectivity index (χ4v) is 3.49. The highest BCUT2D eigenvalue weighted by atomic mass is 16.1. The quantitative estimate of drug-likeness (QED) is 0.740. The summed E-state index contributed by atoms with van der Waals surface area (Å²) in [5.41, 5.74) is 4.98. The van der Waals surface area contributed by atoms with Crippen molar-refractivity contribution < 1.29 is 4.79 Å². The number of carbonyl (C=O) groups is 1. The van der Waals surface area contributed by atoms with Crippen LogP contribution >= 0.6 is 0 Å². The molecule has 2 aliphatic rings. The van der Waals surface area contributed by atoms with Gasteiger partial charge in [0.15, 0.2) is 0 Å². The highest BCUT2D eigenvalue weighted by Gasteiger charge is 2.33. The first-order valence-electron chi connectivity index (χ1n) is 8.06. The van der Waals surface area contributed by atoms with Crippen molar-refractivity contribution >= 4 is 5.91 Å². The smallest absolute Gasteiger partial charge is 0.237 e. The average Bonchev–Trinajstić information content (AvgIpc) is 2.45. The van der Waals surface area contributed by atoms with E-state index < -0.39 is 5.54 Å². The Labute approximate surface area is 122 Å². The number of piperidine rings is 1. The summed E-state index contributed by atoms with van der Waals surface area (Å²) in [5, 5.41) is 3.24. The van der Waals surface area contributed by atoms with E-state index in [4.69, 9.17) is 5.73 Å². The van der Waals surface area contributed by atoms with Gasteiger partial charge < -0.3 is 16.0 Å². The summed E-state index contributed by atoms with van der Waals surface area (Å²) in [4.78, 5) is 16.8. The van der Waals surface area contributed by atoms with Crippen LogP contribution in [0, 0.1) is 0 Å². The molecule has 0 radical (unpaired) electrons. The predicted molar refractivity (Wildman–Crippen MR) is 81.5 cm³/mol. The number of primary amides is 1. The van der Waals surface area contributed by atoms with Crippen LogP contribution in [0.4, 0.5) is 0 Å². The maximum Gasteiger partial charge on any atom is 0.237 e. The lowest BCUT2D eigenvalue weighted by molar-refractivity contribution is -0.124. The zero-order valence-corrected chi connectivity index (χ0v) is 13.0. The van der Waals surface area contributed by atoms with Crippen molar-refractivity contribution in [2.24, 2.45) is 5.73 Å². The van der Waals surface area contributed by atoms with Gasteiger partial charge in [0.25, 0.3) is 0 Å². The van der Waals surface area contributed by atoms with Crippen molar-refractivity contribution in [2.45, 2.75) is 51.1 Å². The normalized spacial score (nSPS) is 27.8. The number of amides is 1. The molecule has 2 fully saturated rings. The number of hydrogen-bond acceptors (Lipinski definition) is 4. The lowest BCUT2D eigenvalue weighted by Gasteiger charge is -2.44. The molecule has 2 saturated heterocycles. The highest BCUT2D eigenvalue weighted by Crippen LogP contribution is 2.21. The van der Waals surface area contributed by atoms with E-state index in [9.17, 15) is 4.79 Å². The monoisotopic (exact) mass is 282 g/mol. The molecular formula is C15H30N4O. The zero-order chi connectivity index (χ0) is 14.6. The van der Waals surface area contributed by atoms with Gasteiger partial charge in [0, 0.05) is 32.2 Å². The van der Waals surface area contributed by atoms with Crippen LogP contribution in [0.15, 0.2) is 0 Å². The molecule has 2 atom stereocenters. The van der Waals surface area contributed by atoms with E-state index in [-0.39, 0.29) is 5.91 Å². The largest absolute Gasteiger partial charge is 0.368 e. The van der Waals surface area contributed by atoms with Gasteiger partial charge in [-0.15, -0.1) is 0 Å². The molecule has 0 bridgehead atoms. The Morgan fingerprint density at radius 2 is 2.15 bits per heavy atom. The summed E-state index contributed by atoms with van der Waals surface area (Å²) in [6, 6.07) is 0.733. The fourth-order valence-electron chi connectivity index (χ4n) is 3.49. The summed E-state index contributed by atoms with van der Waals surface area (Å²) in [5.74, 6) is -0.240. The van der Waals surface area contributed by atoms with E-state index in [1.165, 1.54) is 32.4 Å². The van der Waals surface area contributed by atoms with Gasteiger partial charge in [-0.2, -0.15) is 0 Å². The molecule has 20 heavy (non-hydrogen) atoms. The van der Waals surface area contributed by atoms with Gasteiger partial charge >= 0.3 is 0 Å². The topological polar surface area (TPSA) is 61.6 Å². The van der Waals surface area contributed by atoms with Gasteiger partial charge in [-0.05, 0) is 39.3 Å². The van der Waals surface area contributed by atoms with E-state index in [2.05, 4.69) is 15.1 Å². The van der Waals surface area contributed by atoms with E-state index in [1.54, 1.807) is 0 Å². The van der Waals surface area contributed by atoms with Gasteiger partial charge in [-0.1, -0.05) is 13.3 Å².